The summed E-state index contributed by atoms with van der Waals surface area (Å²) in [5, 5.41) is 0. The van der Waals surface area contributed by atoms with Crippen LogP contribution in [-0.2, 0) is 20.9 Å². The molecule has 1 aromatic rings. The Balaban J connectivity index is 3.06. The number of nitrogens with zero attached hydrogens (tertiary/aromatic N) is 1. The van der Waals surface area contributed by atoms with Crippen molar-refractivity contribution < 1.29 is 14.3 Å². The van der Waals surface area contributed by atoms with Gasteiger partial charge in [0.15, 0.2) is 0 Å². The van der Waals surface area contributed by atoms with E-state index in [1.165, 1.54) is 4.90 Å². The van der Waals surface area contributed by atoms with Gasteiger partial charge in [-0.15, -0.1) is 11.6 Å². The molecule has 0 aliphatic rings. The van der Waals surface area contributed by atoms with Gasteiger partial charge in [0.25, 0.3) is 0 Å². The second kappa shape index (κ2) is 9.59. The van der Waals surface area contributed by atoms with Crippen molar-refractivity contribution in [3.63, 3.8) is 0 Å². The smallest absolute Gasteiger partial charge is 0.242 e. The summed E-state index contributed by atoms with van der Waals surface area (Å²) in [7, 11) is 0. The number of hydrogen-bond donors (Lipinski definition) is 0. The zero-order chi connectivity index (χ0) is 16.5. The zero-order valence-corrected chi connectivity index (χ0v) is 14.3. The molecule has 4 nitrogen and oxygen atoms in total. The van der Waals surface area contributed by atoms with Crippen molar-refractivity contribution in [3.05, 3.63) is 28.8 Å². The molecule has 0 saturated carbocycles. The van der Waals surface area contributed by atoms with Crippen molar-refractivity contribution in [2.45, 2.75) is 40.2 Å². The van der Waals surface area contributed by atoms with E-state index in [0.29, 0.717) is 12.9 Å². The van der Waals surface area contributed by atoms with E-state index in [-0.39, 0.29) is 18.3 Å². The fraction of sp³-hybridized carbons (Fsp3) is 0.529. The number of halogens is 1. The molecule has 22 heavy (non-hydrogen) atoms. The van der Waals surface area contributed by atoms with E-state index >= 15 is 0 Å². The van der Waals surface area contributed by atoms with E-state index < -0.39 is 0 Å². The topological polar surface area (TPSA) is 46.6 Å². The largest absolute Gasteiger partial charge is 0.377 e. The van der Waals surface area contributed by atoms with Crippen molar-refractivity contribution in [2.75, 3.05) is 23.9 Å². The van der Waals surface area contributed by atoms with E-state index in [1.807, 2.05) is 26.0 Å². The number of amides is 1. The molecule has 0 aliphatic heterocycles. The molecular weight excluding hydrogens is 302 g/mol. The van der Waals surface area contributed by atoms with Crippen LogP contribution in [0.25, 0.3) is 0 Å². The van der Waals surface area contributed by atoms with Crippen LogP contribution in [0.15, 0.2) is 12.1 Å². The molecule has 0 heterocycles. The third-order valence-electron chi connectivity index (χ3n) is 3.59. The molecule has 0 aromatic heterocycles. The molecule has 1 rings (SSSR count). The number of rotatable bonds is 9. The second-order valence-corrected chi connectivity index (χ2v) is 5.49. The van der Waals surface area contributed by atoms with E-state index in [0.717, 1.165) is 41.8 Å². The molecule has 0 unspecified atom stereocenters. The lowest BCUT2D eigenvalue weighted by Gasteiger charge is -2.25. The highest BCUT2D eigenvalue weighted by molar-refractivity contribution is 6.29. The second-order valence-electron chi connectivity index (χ2n) is 5.23. The molecule has 1 amide bonds. The van der Waals surface area contributed by atoms with Gasteiger partial charge in [0.05, 0.1) is 18.8 Å². The number of carbonyl (C=O) groups excluding carboxylic acids is 2. The van der Waals surface area contributed by atoms with Gasteiger partial charge in [0.1, 0.15) is 12.2 Å². The van der Waals surface area contributed by atoms with Gasteiger partial charge in [-0.25, -0.2) is 0 Å². The fourth-order valence-corrected chi connectivity index (χ4v) is 2.49. The predicted molar refractivity (Wildman–Crippen MR) is 89.6 cm³/mol. The SMILES string of the molecule is CCCCOCc1ccc(C)c(N(CC=O)C(=O)CCl)c1C. The van der Waals surface area contributed by atoms with Gasteiger partial charge < -0.3 is 14.4 Å². The Kier molecular flexibility index (Phi) is 8.13. The van der Waals surface area contributed by atoms with Crippen LogP contribution in [0.4, 0.5) is 5.69 Å². The first kappa shape index (κ1) is 18.7. The molecule has 0 fully saturated rings. The number of aryl methyl sites for hydroxylation is 1. The number of anilines is 1. The van der Waals surface area contributed by atoms with Crippen LogP contribution >= 0.6 is 11.6 Å². The molecule has 0 spiro atoms. The quantitative estimate of drug-likeness (QED) is 0.397. The van der Waals surface area contributed by atoms with Crippen LogP contribution in [0, 0.1) is 13.8 Å². The van der Waals surface area contributed by atoms with Crippen LogP contribution in [0.5, 0.6) is 0 Å². The third-order valence-corrected chi connectivity index (χ3v) is 3.82. The number of ether oxygens (including phenoxy) is 1. The number of aldehydes is 1. The number of hydrogen-bond acceptors (Lipinski definition) is 3. The minimum atomic E-state index is -0.274. The highest BCUT2D eigenvalue weighted by Crippen LogP contribution is 2.28. The van der Waals surface area contributed by atoms with Crippen molar-refractivity contribution in [3.8, 4) is 0 Å². The molecular formula is C17H24ClNO3. The fourth-order valence-electron chi connectivity index (χ4n) is 2.34. The lowest BCUT2D eigenvalue weighted by Crippen LogP contribution is -2.34. The van der Waals surface area contributed by atoms with Crippen LogP contribution in [0.1, 0.15) is 36.5 Å². The molecule has 0 aliphatic carbocycles. The Bertz CT molecular complexity index is 517. The Hall–Kier alpha value is -1.39. The summed E-state index contributed by atoms with van der Waals surface area (Å²) in [5.74, 6) is -0.423. The maximum Gasteiger partial charge on any atom is 0.242 e. The Morgan fingerprint density at radius 1 is 1.36 bits per heavy atom. The molecule has 0 saturated heterocycles. The van der Waals surface area contributed by atoms with E-state index in [1.54, 1.807) is 0 Å². The summed E-state index contributed by atoms with van der Waals surface area (Å²) in [5.41, 5.74) is 3.68. The zero-order valence-electron chi connectivity index (χ0n) is 13.5. The minimum absolute atomic E-state index is 0.00732. The lowest BCUT2D eigenvalue weighted by molar-refractivity contribution is -0.117. The summed E-state index contributed by atoms with van der Waals surface area (Å²) in [4.78, 5) is 24.4. The summed E-state index contributed by atoms with van der Waals surface area (Å²) in [6.07, 6.45) is 2.84. The van der Waals surface area contributed by atoms with Crippen LogP contribution < -0.4 is 4.90 Å². The highest BCUT2D eigenvalue weighted by atomic mass is 35.5. The molecule has 1 aromatic carbocycles. The van der Waals surface area contributed by atoms with Gasteiger partial charge in [-0.1, -0.05) is 25.5 Å². The number of unbranched alkanes of at least 4 members (excludes halogenated alkanes) is 1. The molecule has 122 valence electrons. The van der Waals surface area contributed by atoms with Gasteiger partial charge in [0.2, 0.25) is 5.91 Å². The molecule has 0 bridgehead atoms. The molecule has 0 N–H and O–H groups in total. The van der Waals surface area contributed by atoms with Crippen LogP contribution in [0.2, 0.25) is 0 Å². The van der Waals surface area contributed by atoms with Crippen molar-refractivity contribution in [1.82, 2.24) is 0 Å². The maximum atomic E-state index is 12.0. The number of carbonyl (C=O) groups is 2. The summed E-state index contributed by atoms with van der Waals surface area (Å²) < 4.78 is 5.66. The first-order chi connectivity index (χ1) is 10.6. The first-order valence-corrected chi connectivity index (χ1v) is 8.07. The minimum Gasteiger partial charge on any atom is -0.377 e. The van der Waals surface area contributed by atoms with Crippen LogP contribution in [-0.4, -0.2) is 31.2 Å². The molecule has 5 heteroatoms. The Labute approximate surface area is 137 Å². The van der Waals surface area contributed by atoms with Crippen molar-refractivity contribution >= 4 is 29.5 Å². The highest BCUT2D eigenvalue weighted by Gasteiger charge is 2.19. The predicted octanol–water partition coefficient (Wildman–Crippen LogP) is 3.39. The van der Waals surface area contributed by atoms with Gasteiger partial charge in [-0.2, -0.15) is 0 Å². The van der Waals surface area contributed by atoms with E-state index in [4.69, 9.17) is 16.3 Å². The molecule has 0 radical (unpaired) electrons. The van der Waals surface area contributed by atoms with E-state index in [9.17, 15) is 9.59 Å². The summed E-state index contributed by atoms with van der Waals surface area (Å²) >= 11 is 5.66. The molecule has 0 atom stereocenters. The third kappa shape index (κ3) is 4.82. The Morgan fingerprint density at radius 2 is 2.09 bits per heavy atom. The standard InChI is InChI=1S/C17H24ClNO3/c1-4-5-10-22-12-15-7-6-13(2)17(14(15)3)19(8-9-20)16(21)11-18/h6-7,9H,4-5,8,10-12H2,1-3H3. The monoisotopic (exact) mass is 325 g/mol. The van der Waals surface area contributed by atoms with Gasteiger partial charge in [0, 0.05) is 6.61 Å². The summed E-state index contributed by atoms with van der Waals surface area (Å²) in [6.45, 7) is 7.21. The van der Waals surface area contributed by atoms with Crippen molar-refractivity contribution in [2.24, 2.45) is 0 Å². The number of alkyl halides is 1. The van der Waals surface area contributed by atoms with Crippen LogP contribution in [0.3, 0.4) is 0 Å². The average molecular weight is 326 g/mol. The Morgan fingerprint density at radius 3 is 2.68 bits per heavy atom. The normalized spacial score (nSPS) is 10.5. The van der Waals surface area contributed by atoms with E-state index in [2.05, 4.69) is 6.92 Å². The van der Waals surface area contributed by atoms with Gasteiger partial charge in [-0.05, 0) is 37.0 Å². The average Bonchev–Trinajstić information content (AvgIpc) is 2.51. The maximum absolute atomic E-state index is 12.0. The lowest BCUT2D eigenvalue weighted by atomic mass is 10.0. The summed E-state index contributed by atoms with van der Waals surface area (Å²) in [6, 6.07) is 3.95. The van der Waals surface area contributed by atoms with Crippen molar-refractivity contribution in [1.29, 1.82) is 0 Å². The first-order valence-electron chi connectivity index (χ1n) is 7.53. The van der Waals surface area contributed by atoms with Gasteiger partial charge >= 0.3 is 0 Å². The number of benzene rings is 1. The van der Waals surface area contributed by atoms with Gasteiger partial charge in [-0.3, -0.25) is 4.79 Å².